The minimum Gasteiger partial charge on any atom is -0.361 e. The van der Waals surface area contributed by atoms with Crippen LogP contribution in [0.25, 0.3) is 10.9 Å². The van der Waals surface area contributed by atoms with E-state index in [9.17, 15) is 9.59 Å². The van der Waals surface area contributed by atoms with Crippen molar-refractivity contribution in [1.82, 2.24) is 45.6 Å². The molecule has 1 aliphatic rings. The van der Waals surface area contributed by atoms with E-state index in [0.717, 1.165) is 33.1 Å². The average Bonchev–Trinajstić information content (AvgIpc) is 3.52. The summed E-state index contributed by atoms with van der Waals surface area (Å²) in [4.78, 5) is 30.7. The highest BCUT2D eigenvalue weighted by molar-refractivity contribution is 9.10. The predicted molar refractivity (Wildman–Crippen MR) is 122 cm³/mol. The number of aryl methyl sites for hydroxylation is 1. The number of aromatic nitrogens is 7. The molecule has 0 aliphatic carbocycles. The number of nitrogens with one attached hydrogen (secondary N) is 3. The number of carbonyl (C=O) groups excluding carboxylic acids is 2. The summed E-state index contributed by atoms with van der Waals surface area (Å²) >= 11 is 3.50. The number of halogens is 1. The van der Waals surface area contributed by atoms with Gasteiger partial charge in [0.25, 0.3) is 5.91 Å². The number of H-pyrrole nitrogens is 2. The normalized spacial score (nSPS) is 13.7. The van der Waals surface area contributed by atoms with Gasteiger partial charge in [0.05, 0.1) is 18.7 Å². The molecule has 33 heavy (non-hydrogen) atoms. The SMILES string of the molecule is O=C(NCCc1nn[nH]n1)c1cc2n(n1)CCCN(C(=O)Cc1c[nH]c3ccc(Br)cc13)C2. The van der Waals surface area contributed by atoms with Gasteiger partial charge in [0, 0.05) is 47.6 Å². The maximum Gasteiger partial charge on any atom is 0.271 e. The van der Waals surface area contributed by atoms with Crippen LogP contribution in [0.4, 0.5) is 0 Å². The van der Waals surface area contributed by atoms with E-state index in [4.69, 9.17) is 0 Å². The zero-order valence-corrected chi connectivity index (χ0v) is 19.3. The zero-order valence-electron chi connectivity index (χ0n) is 17.7. The molecule has 1 aromatic carbocycles. The van der Waals surface area contributed by atoms with Crippen molar-refractivity contribution in [1.29, 1.82) is 0 Å². The van der Waals surface area contributed by atoms with Gasteiger partial charge in [-0.05, 0) is 36.2 Å². The second-order valence-corrected chi connectivity index (χ2v) is 8.84. The first kappa shape index (κ1) is 21.3. The fourth-order valence-corrected chi connectivity index (χ4v) is 4.39. The molecule has 2 amide bonds. The Bertz CT molecular complexity index is 1290. The molecule has 0 spiro atoms. The zero-order chi connectivity index (χ0) is 22.8. The predicted octanol–water partition coefficient (Wildman–Crippen LogP) is 1.59. The number of nitrogens with zero attached hydrogens (tertiary/aromatic N) is 6. The maximum atomic E-state index is 13.1. The minimum atomic E-state index is -0.263. The number of hydrogen-bond donors (Lipinski definition) is 3. The van der Waals surface area contributed by atoms with Crippen molar-refractivity contribution < 1.29 is 9.59 Å². The van der Waals surface area contributed by atoms with Crippen LogP contribution in [-0.4, -0.2) is 65.2 Å². The van der Waals surface area contributed by atoms with E-state index in [1.165, 1.54) is 0 Å². The Hall–Kier alpha value is -3.54. The highest BCUT2D eigenvalue weighted by Gasteiger charge is 2.23. The maximum absolute atomic E-state index is 13.1. The molecule has 3 N–H and O–H groups in total. The van der Waals surface area contributed by atoms with Crippen LogP contribution in [0, 0.1) is 0 Å². The van der Waals surface area contributed by atoms with Gasteiger partial charge in [-0.1, -0.05) is 21.1 Å². The van der Waals surface area contributed by atoms with Gasteiger partial charge >= 0.3 is 0 Å². The summed E-state index contributed by atoms with van der Waals surface area (Å²) in [5.74, 6) is 0.325. The van der Waals surface area contributed by atoms with Crippen molar-refractivity contribution in [3.8, 4) is 0 Å². The number of aromatic amines is 2. The summed E-state index contributed by atoms with van der Waals surface area (Å²) in [5, 5.41) is 21.9. The van der Waals surface area contributed by atoms with Crippen LogP contribution in [0.3, 0.4) is 0 Å². The third-order valence-electron chi connectivity index (χ3n) is 5.69. The number of rotatable bonds is 6. The molecule has 4 heterocycles. The Morgan fingerprint density at radius 1 is 1.21 bits per heavy atom. The molecule has 1 aliphatic heterocycles. The van der Waals surface area contributed by atoms with E-state index < -0.39 is 0 Å². The lowest BCUT2D eigenvalue weighted by atomic mass is 10.1. The van der Waals surface area contributed by atoms with Crippen LogP contribution >= 0.6 is 15.9 Å². The van der Waals surface area contributed by atoms with Gasteiger partial charge in [0.15, 0.2) is 11.5 Å². The first-order chi connectivity index (χ1) is 16.1. The van der Waals surface area contributed by atoms with Crippen molar-refractivity contribution in [2.24, 2.45) is 0 Å². The molecule has 4 aromatic rings. The third kappa shape index (κ3) is 4.65. The monoisotopic (exact) mass is 511 g/mol. The van der Waals surface area contributed by atoms with Crippen LogP contribution in [0.15, 0.2) is 34.9 Å². The Morgan fingerprint density at radius 3 is 2.97 bits per heavy atom. The summed E-state index contributed by atoms with van der Waals surface area (Å²) < 4.78 is 2.80. The molecule has 11 nitrogen and oxygen atoms in total. The highest BCUT2D eigenvalue weighted by Crippen LogP contribution is 2.24. The second-order valence-electron chi connectivity index (χ2n) is 7.93. The van der Waals surface area contributed by atoms with E-state index in [2.05, 4.69) is 52.0 Å². The highest BCUT2D eigenvalue weighted by atomic mass is 79.9. The standard InChI is InChI=1S/C21H22BrN9O2/c22-14-2-3-17-16(9-14)13(11-24-17)8-20(32)30-6-1-7-31-15(12-30)10-18(27-31)21(33)23-5-4-19-25-28-29-26-19/h2-3,9-11,24H,1,4-8,12H2,(H,23,33)(H,25,26,28,29). The van der Waals surface area contributed by atoms with Crippen molar-refractivity contribution >= 4 is 38.6 Å². The molecule has 0 radical (unpaired) electrons. The summed E-state index contributed by atoms with van der Waals surface area (Å²) in [6.07, 6.45) is 3.46. The number of amides is 2. The minimum absolute atomic E-state index is 0.0524. The first-order valence-electron chi connectivity index (χ1n) is 10.7. The van der Waals surface area contributed by atoms with Crippen LogP contribution in [-0.2, 0) is 30.7 Å². The van der Waals surface area contributed by atoms with Crippen LogP contribution in [0.2, 0.25) is 0 Å². The van der Waals surface area contributed by atoms with Gasteiger partial charge in [-0.15, -0.1) is 10.2 Å². The average molecular weight is 512 g/mol. The molecule has 0 bridgehead atoms. The van der Waals surface area contributed by atoms with Gasteiger partial charge in [-0.3, -0.25) is 14.3 Å². The lowest BCUT2D eigenvalue weighted by Crippen LogP contribution is -2.32. The Balaban J connectivity index is 1.24. The van der Waals surface area contributed by atoms with E-state index >= 15 is 0 Å². The number of carbonyl (C=O) groups is 2. The summed E-state index contributed by atoms with van der Waals surface area (Å²) in [6, 6.07) is 7.75. The molecule has 5 rings (SSSR count). The van der Waals surface area contributed by atoms with Crippen LogP contribution < -0.4 is 5.32 Å². The molecular formula is C21H22BrN9O2. The number of tetrazole rings is 1. The molecule has 170 valence electrons. The number of fused-ring (bicyclic) bond motifs is 2. The van der Waals surface area contributed by atoms with Crippen LogP contribution in [0.5, 0.6) is 0 Å². The topological polar surface area (TPSA) is 137 Å². The molecule has 0 fully saturated rings. The second kappa shape index (κ2) is 9.14. The molecule has 0 saturated carbocycles. The van der Waals surface area contributed by atoms with Crippen LogP contribution in [0.1, 0.15) is 34.0 Å². The lowest BCUT2D eigenvalue weighted by Gasteiger charge is -2.20. The smallest absolute Gasteiger partial charge is 0.271 e. The van der Waals surface area contributed by atoms with Crippen molar-refractivity contribution in [2.45, 2.75) is 32.4 Å². The van der Waals surface area contributed by atoms with Gasteiger partial charge in [-0.25, -0.2) is 0 Å². The van der Waals surface area contributed by atoms with Gasteiger partial charge in [0.1, 0.15) is 0 Å². The van der Waals surface area contributed by atoms with Gasteiger partial charge in [-0.2, -0.15) is 10.3 Å². The fourth-order valence-electron chi connectivity index (χ4n) is 4.02. The summed E-state index contributed by atoms with van der Waals surface area (Å²) in [6.45, 7) is 2.12. The van der Waals surface area contributed by atoms with Crippen molar-refractivity contribution in [3.05, 3.63) is 57.7 Å². The molecule has 12 heteroatoms. The van der Waals surface area contributed by atoms with Crippen molar-refractivity contribution in [2.75, 3.05) is 13.1 Å². The Labute approximate surface area is 197 Å². The van der Waals surface area contributed by atoms with E-state index in [1.807, 2.05) is 34.0 Å². The fraction of sp³-hybridized carbons (Fsp3) is 0.333. The summed E-state index contributed by atoms with van der Waals surface area (Å²) in [7, 11) is 0. The van der Waals surface area contributed by atoms with Gasteiger partial charge in [0.2, 0.25) is 5.91 Å². The number of hydrogen-bond acceptors (Lipinski definition) is 6. The lowest BCUT2D eigenvalue weighted by molar-refractivity contribution is -0.131. The van der Waals surface area contributed by atoms with E-state index in [1.54, 1.807) is 6.07 Å². The molecule has 3 aromatic heterocycles. The van der Waals surface area contributed by atoms with Gasteiger partial charge < -0.3 is 15.2 Å². The Morgan fingerprint density at radius 2 is 2.12 bits per heavy atom. The molecular weight excluding hydrogens is 490 g/mol. The van der Waals surface area contributed by atoms with Crippen molar-refractivity contribution in [3.63, 3.8) is 0 Å². The molecule has 0 atom stereocenters. The summed E-state index contributed by atoms with van der Waals surface area (Å²) in [5.41, 5.74) is 3.17. The van der Waals surface area contributed by atoms with E-state index in [0.29, 0.717) is 50.5 Å². The largest absolute Gasteiger partial charge is 0.361 e. The molecule has 0 unspecified atom stereocenters. The quantitative estimate of drug-likeness (QED) is 0.359. The van der Waals surface area contributed by atoms with E-state index in [-0.39, 0.29) is 11.8 Å². The third-order valence-corrected chi connectivity index (χ3v) is 6.19. The Kier molecular flexibility index (Phi) is 5.90. The first-order valence-corrected chi connectivity index (χ1v) is 11.5. The molecule has 0 saturated heterocycles. The number of benzene rings is 1.